The molecule has 1 saturated heterocycles. The third kappa shape index (κ3) is 3.92. The number of nitrogens with zero attached hydrogens (tertiary/aromatic N) is 1. The van der Waals surface area contributed by atoms with Gasteiger partial charge in [-0.05, 0) is 17.5 Å². The van der Waals surface area contributed by atoms with Gasteiger partial charge in [-0.1, -0.05) is 24.3 Å². The van der Waals surface area contributed by atoms with Crippen LogP contribution >= 0.6 is 0 Å². The molecule has 1 amide bonds. The minimum atomic E-state index is -0.871. The molecule has 1 aliphatic rings. The molecule has 102 valence electrons. The predicted molar refractivity (Wildman–Crippen MR) is 68.3 cm³/mol. The summed E-state index contributed by atoms with van der Waals surface area (Å²) in [5.74, 6) is -0.822. The molecule has 1 aliphatic heterocycles. The first-order chi connectivity index (χ1) is 9.19. The summed E-state index contributed by atoms with van der Waals surface area (Å²) >= 11 is 0. The smallest absolute Gasteiger partial charge is 0.303 e. The molecule has 1 atom stereocenters. The van der Waals surface area contributed by atoms with Crippen LogP contribution in [0.15, 0.2) is 29.4 Å². The number of carbonyl (C=O) groups excluding carboxylic acids is 1. The minimum absolute atomic E-state index is 0.172. The second-order valence-corrected chi connectivity index (χ2v) is 4.43. The lowest BCUT2D eigenvalue weighted by atomic mass is 10.0. The van der Waals surface area contributed by atoms with Gasteiger partial charge in [-0.25, -0.2) is 0 Å². The number of nitroso groups, excluding NO2 is 1. The van der Waals surface area contributed by atoms with Gasteiger partial charge in [-0.2, -0.15) is 0 Å². The molecule has 1 unspecified atom stereocenters. The van der Waals surface area contributed by atoms with Gasteiger partial charge < -0.3 is 15.2 Å². The predicted octanol–water partition coefficient (Wildman–Crippen LogP) is 0.765. The quantitative estimate of drug-likeness (QED) is 0.793. The zero-order chi connectivity index (χ0) is 13.7. The number of hydrogen-bond acceptors (Lipinski definition) is 5. The lowest BCUT2D eigenvalue weighted by Crippen LogP contribution is -2.31. The van der Waals surface area contributed by atoms with Crippen LogP contribution in [0.4, 0.5) is 0 Å². The van der Waals surface area contributed by atoms with Crippen LogP contribution in [-0.4, -0.2) is 31.5 Å². The van der Waals surface area contributed by atoms with Crippen LogP contribution in [0.25, 0.3) is 0 Å². The molecule has 1 aromatic carbocycles. The van der Waals surface area contributed by atoms with Gasteiger partial charge in [0.1, 0.15) is 0 Å². The van der Waals surface area contributed by atoms with Crippen molar-refractivity contribution < 1.29 is 14.3 Å². The highest BCUT2D eigenvalue weighted by molar-refractivity contribution is 5.82. The molecule has 0 aliphatic carbocycles. The van der Waals surface area contributed by atoms with Crippen molar-refractivity contribution in [1.82, 2.24) is 0 Å². The minimum Gasteiger partial charge on any atom is -0.350 e. The van der Waals surface area contributed by atoms with Crippen molar-refractivity contribution in [2.45, 2.75) is 25.2 Å². The molecule has 1 heterocycles. The molecule has 0 saturated carbocycles. The second kappa shape index (κ2) is 6.51. The van der Waals surface area contributed by atoms with Crippen molar-refractivity contribution in [3.05, 3.63) is 40.3 Å². The Morgan fingerprint density at radius 2 is 1.84 bits per heavy atom. The number of nitrogens with two attached hydrogens (primary N) is 1. The number of ether oxygens (including phenoxy) is 2. The molecule has 0 radical (unpaired) electrons. The number of amides is 1. The Bertz CT molecular complexity index is 440. The third-order valence-electron chi connectivity index (χ3n) is 2.98. The van der Waals surface area contributed by atoms with Crippen molar-refractivity contribution in [3.63, 3.8) is 0 Å². The highest BCUT2D eigenvalue weighted by Crippen LogP contribution is 2.13. The molecule has 2 N–H and O–H groups in total. The van der Waals surface area contributed by atoms with Crippen LogP contribution in [0.2, 0.25) is 0 Å². The van der Waals surface area contributed by atoms with Crippen LogP contribution in [0, 0.1) is 4.91 Å². The lowest BCUT2D eigenvalue weighted by Gasteiger charge is -2.10. The summed E-state index contributed by atoms with van der Waals surface area (Å²) in [5, 5.41) is 2.32. The van der Waals surface area contributed by atoms with Gasteiger partial charge in [0.15, 0.2) is 6.29 Å². The van der Waals surface area contributed by atoms with E-state index < -0.39 is 11.9 Å². The highest BCUT2D eigenvalue weighted by Gasteiger charge is 2.17. The summed E-state index contributed by atoms with van der Waals surface area (Å²) in [6.07, 6.45) is 0.830. The van der Waals surface area contributed by atoms with E-state index in [1.165, 1.54) is 0 Å². The van der Waals surface area contributed by atoms with E-state index in [0.29, 0.717) is 26.1 Å². The van der Waals surface area contributed by atoms with Gasteiger partial charge in [0, 0.05) is 11.6 Å². The number of carbonyl (C=O) groups is 1. The van der Waals surface area contributed by atoms with Crippen LogP contribution in [-0.2, 0) is 27.1 Å². The summed E-state index contributed by atoms with van der Waals surface area (Å²) in [6, 6.07) is 6.76. The molecule has 1 aromatic rings. The fourth-order valence-corrected chi connectivity index (χ4v) is 1.94. The van der Waals surface area contributed by atoms with Crippen molar-refractivity contribution in [3.8, 4) is 0 Å². The highest BCUT2D eigenvalue weighted by atomic mass is 16.7. The van der Waals surface area contributed by atoms with Gasteiger partial charge >= 0.3 is 5.91 Å². The summed E-state index contributed by atoms with van der Waals surface area (Å²) < 4.78 is 10.7. The van der Waals surface area contributed by atoms with Crippen molar-refractivity contribution >= 4 is 5.91 Å². The standard InChI is InChI=1S/C13H16N2O4/c14-11(13(16)15-17)7-9-1-3-10(4-2-9)8-12-18-5-6-19-12/h1-4,11-12H,5-8,14H2. The van der Waals surface area contributed by atoms with Gasteiger partial charge in [0.25, 0.3) is 0 Å². The molecule has 1 fully saturated rings. The first-order valence-corrected chi connectivity index (χ1v) is 6.13. The zero-order valence-electron chi connectivity index (χ0n) is 10.5. The van der Waals surface area contributed by atoms with E-state index in [2.05, 4.69) is 5.18 Å². The normalized spacial score (nSPS) is 17.3. The Morgan fingerprint density at radius 3 is 2.42 bits per heavy atom. The monoisotopic (exact) mass is 264 g/mol. The average molecular weight is 264 g/mol. The van der Waals surface area contributed by atoms with Crippen LogP contribution < -0.4 is 5.73 Å². The fourth-order valence-electron chi connectivity index (χ4n) is 1.94. The van der Waals surface area contributed by atoms with Crippen LogP contribution in [0.1, 0.15) is 11.1 Å². The maximum absolute atomic E-state index is 11.0. The van der Waals surface area contributed by atoms with Gasteiger partial charge in [-0.3, -0.25) is 4.79 Å². The van der Waals surface area contributed by atoms with Crippen LogP contribution in [0.5, 0.6) is 0 Å². The van der Waals surface area contributed by atoms with Crippen molar-refractivity contribution in [1.29, 1.82) is 0 Å². The lowest BCUT2D eigenvalue weighted by molar-refractivity contribution is -0.119. The maximum atomic E-state index is 11.0. The number of hydrogen-bond donors (Lipinski definition) is 1. The summed E-state index contributed by atoms with van der Waals surface area (Å²) in [7, 11) is 0. The number of benzene rings is 1. The van der Waals surface area contributed by atoms with Gasteiger partial charge in [0.2, 0.25) is 0 Å². The topological polar surface area (TPSA) is 91.0 Å². The first kappa shape index (κ1) is 13.8. The second-order valence-electron chi connectivity index (χ2n) is 4.43. The molecule has 19 heavy (non-hydrogen) atoms. The number of rotatable bonds is 5. The van der Waals surface area contributed by atoms with E-state index in [-0.39, 0.29) is 6.29 Å². The molecular weight excluding hydrogens is 248 g/mol. The van der Waals surface area contributed by atoms with E-state index >= 15 is 0 Å². The molecular formula is C13H16N2O4. The Labute approximate surface area is 110 Å². The van der Waals surface area contributed by atoms with Gasteiger partial charge in [0.05, 0.1) is 19.3 Å². The van der Waals surface area contributed by atoms with Crippen molar-refractivity contribution in [2.75, 3.05) is 13.2 Å². The SMILES string of the molecule is NC(Cc1ccc(CC2OCCO2)cc1)C(=O)N=O. The Balaban J connectivity index is 1.90. The van der Waals surface area contributed by atoms with E-state index in [9.17, 15) is 9.70 Å². The molecule has 6 nitrogen and oxygen atoms in total. The summed E-state index contributed by atoms with van der Waals surface area (Å²) in [5.41, 5.74) is 7.52. The van der Waals surface area contributed by atoms with E-state index in [1.54, 1.807) is 0 Å². The Kier molecular flexibility index (Phi) is 4.73. The van der Waals surface area contributed by atoms with Crippen molar-refractivity contribution in [2.24, 2.45) is 10.9 Å². The molecule has 6 heteroatoms. The Hall–Kier alpha value is -1.63. The molecule has 0 bridgehead atoms. The first-order valence-electron chi connectivity index (χ1n) is 6.13. The van der Waals surface area contributed by atoms with Crippen LogP contribution in [0.3, 0.4) is 0 Å². The van der Waals surface area contributed by atoms with E-state index in [1.807, 2.05) is 24.3 Å². The summed E-state index contributed by atoms with van der Waals surface area (Å²) in [4.78, 5) is 21.1. The molecule has 2 rings (SSSR count). The van der Waals surface area contributed by atoms with E-state index in [0.717, 1.165) is 11.1 Å². The fraction of sp³-hybridized carbons (Fsp3) is 0.462. The van der Waals surface area contributed by atoms with E-state index in [4.69, 9.17) is 15.2 Å². The maximum Gasteiger partial charge on any atom is 0.303 e. The third-order valence-corrected chi connectivity index (χ3v) is 2.98. The largest absolute Gasteiger partial charge is 0.350 e. The molecule has 0 aromatic heterocycles. The average Bonchev–Trinajstić information content (AvgIpc) is 2.93. The summed E-state index contributed by atoms with van der Waals surface area (Å²) in [6.45, 7) is 1.27. The van der Waals surface area contributed by atoms with Gasteiger partial charge in [-0.15, -0.1) is 4.91 Å². The zero-order valence-corrected chi connectivity index (χ0v) is 10.5. The molecule has 0 spiro atoms. The Morgan fingerprint density at radius 1 is 1.26 bits per heavy atom.